The van der Waals surface area contributed by atoms with Crippen molar-refractivity contribution in [1.82, 2.24) is 4.90 Å². The molecule has 2 aliphatic rings. The molecule has 0 unspecified atom stereocenters. The van der Waals surface area contributed by atoms with Crippen LogP contribution in [-0.4, -0.2) is 40.2 Å². The number of para-hydroxylation sites is 1. The van der Waals surface area contributed by atoms with E-state index in [0.29, 0.717) is 9.95 Å². The Morgan fingerprint density at radius 3 is 2.46 bits per heavy atom. The molecule has 1 aromatic rings. The van der Waals surface area contributed by atoms with E-state index in [4.69, 9.17) is 4.74 Å². The minimum absolute atomic E-state index is 0.101. The van der Waals surface area contributed by atoms with Crippen LogP contribution in [-0.2, 0) is 14.3 Å². The number of carbonyl (C=O) groups excluding carboxylic acids is 2. The number of anilines is 1. The van der Waals surface area contributed by atoms with Gasteiger partial charge >= 0.3 is 5.97 Å². The average molecular weight is 363 g/mol. The Kier molecular flexibility index (Phi) is 4.35. The van der Waals surface area contributed by atoms with Gasteiger partial charge in [0, 0.05) is 19.7 Å². The zero-order valence-corrected chi connectivity index (χ0v) is 15.4. The maximum Gasteiger partial charge on any atom is 0.346 e. The molecule has 0 aliphatic carbocycles. The lowest BCUT2D eigenvalue weighted by molar-refractivity contribution is -0.135. The van der Waals surface area contributed by atoms with Crippen molar-refractivity contribution in [2.45, 2.75) is 18.2 Å². The Bertz CT molecular complexity index is 763. The summed E-state index contributed by atoms with van der Waals surface area (Å²) in [4.78, 5) is 26.5. The number of hydrazone groups is 1. The lowest BCUT2D eigenvalue weighted by Gasteiger charge is -2.39. The SMILES string of the molecule is COC(=O)C1=C(C)N(C)[C@@]2(SC(C(C)=O)=NN2c2ccccc2)S1. The normalized spacial score (nSPS) is 23.1. The zero-order valence-electron chi connectivity index (χ0n) is 13.8. The first-order valence-electron chi connectivity index (χ1n) is 7.26. The summed E-state index contributed by atoms with van der Waals surface area (Å²) >= 11 is 2.69. The second kappa shape index (κ2) is 6.18. The van der Waals surface area contributed by atoms with Crippen LogP contribution in [0.4, 0.5) is 5.69 Å². The summed E-state index contributed by atoms with van der Waals surface area (Å²) in [6.07, 6.45) is 0. The molecule has 0 fully saturated rings. The van der Waals surface area contributed by atoms with Crippen molar-refractivity contribution in [2.75, 3.05) is 19.2 Å². The van der Waals surface area contributed by atoms with E-state index in [1.165, 1.54) is 37.6 Å². The molecule has 3 rings (SSSR count). The van der Waals surface area contributed by atoms with Crippen LogP contribution in [0.15, 0.2) is 46.0 Å². The molecule has 0 saturated carbocycles. The van der Waals surface area contributed by atoms with Gasteiger partial charge in [-0.15, -0.1) is 0 Å². The van der Waals surface area contributed by atoms with Gasteiger partial charge in [0.25, 0.3) is 0 Å². The molecular weight excluding hydrogens is 346 g/mol. The maximum absolute atomic E-state index is 12.1. The van der Waals surface area contributed by atoms with Crippen molar-refractivity contribution in [3.63, 3.8) is 0 Å². The topological polar surface area (TPSA) is 62.2 Å². The van der Waals surface area contributed by atoms with Crippen LogP contribution < -0.4 is 5.01 Å². The summed E-state index contributed by atoms with van der Waals surface area (Å²) < 4.78 is 4.14. The van der Waals surface area contributed by atoms with Gasteiger partial charge in [-0.2, -0.15) is 5.10 Å². The third-order valence-electron chi connectivity index (χ3n) is 3.85. The van der Waals surface area contributed by atoms with Crippen molar-refractivity contribution >= 4 is 46.0 Å². The first-order chi connectivity index (χ1) is 11.4. The summed E-state index contributed by atoms with van der Waals surface area (Å²) in [5.74, 6) is -0.484. The number of Topliss-reactive ketones (excluding diaryl/α,β-unsaturated/α-hetero) is 1. The van der Waals surface area contributed by atoms with Gasteiger partial charge in [0.1, 0.15) is 4.91 Å². The Balaban J connectivity index is 2.06. The lowest BCUT2D eigenvalue weighted by atomic mass is 10.3. The quantitative estimate of drug-likeness (QED) is 0.765. The van der Waals surface area contributed by atoms with E-state index in [0.717, 1.165) is 11.4 Å². The molecule has 8 heteroatoms. The summed E-state index contributed by atoms with van der Waals surface area (Å²) in [7, 11) is 3.25. The summed E-state index contributed by atoms with van der Waals surface area (Å²) in [5, 5.41) is 6.72. The van der Waals surface area contributed by atoms with E-state index in [1.54, 1.807) is 5.01 Å². The molecule has 2 aliphatic heterocycles. The molecule has 6 nitrogen and oxygen atoms in total. The van der Waals surface area contributed by atoms with E-state index in [9.17, 15) is 9.59 Å². The Morgan fingerprint density at radius 1 is 1.21 bits per heavy atom. The minimum atomic E-state index is -0.754. The molecule has 0 saturated heterocycles. The molecule has 0 radical (unpaired) electrons. The number of nitrogens with zero attached hydrogens (tertiary/aromatic N) is 3. The van der Waals surface area contributed by atoms with Crippen molar-refractivity contribution in [2.24, 2.45) is 5.10 Å². The van der Waals surface area contributed by atoms with Gasteiger partial charge in [-0.3, -0.25) is 4.79 Å². The number of allylic oxidation sites excluding steroid dienone is 1. The fourth-order valence-electron chi connectivity index (χ4n) is 2.47. The predicted octanol–water partition coefficient (Wildman–Crippen LogP) is 2.84. The fraction of sp³-hybridized carbons (Fsp3) is 0.312. The van der Waals surface area contributed by atoms with Gasteiger partial charge in [0.05, 0.1) is 12.8 Å². The fourth-order valence-corrected chi connectivity index (χ4v) is 5.37. The van der Waals surface area contributed by atoms with Crippen LogP contribution in [0.1, 0.15) is 13.8 Å². The summed E-state index contributed by atoms with van der Waals surface area (Å²) in [6.45, 7) is 3.36. The molecule has 2 heterocycles. The highest BCUT2D eigenvalue weighted by Gasteiger charge is 2.55. The second-order valence-electron chi connectivity index (χ2n) is 5.33. The monoisotopic (exact) mass is 363 g/mol. The van der Waals surface area contributed by atoms with Crippen LogP contribution in [0, 0.1) is 0 Å². The molecule has 1 aromatic carbocycles. The third-order valence-corrected chi connectivity index (χ3v) is 7.01. The van der Waals surface area contributed by atoms with E-state index < -0.39 is 4.33 Å². The lowest BCUT2D eigenvalue weighted by Crippen LogP contribution is -2.47. The highest BCUT2D eigenvalue weighted by Crippen LogP contribution is 2.58. The van der Waals surface area contributed by atoms with Crippen molar-refractivity contribution in [3.05, 3.63) is 40.9 Å². The summed E-state index contributed by atoms with van der Waals surface area (Å²) in [6, 6.07) is 9.60. The highest BCUT2D eigenvalue weighted by molar-refractivity contribution is 8.28. The van der Waals surface area contributed by atoms with Crippen molar-refractivity contribution in [3.8, 4) is 0 Å². The Labute approximate surface area is 148 Å². The summed E-state index contributed by atoms with van der Waals surface area (Å²) in [5.41, 5.74) is 1.64. The standard InChI is InChI=1S/C16H17N3O3S2/c1-10-13(15(21)22-4)23-16(18(10)3)19(12-8-6-5-7-9-12)17-14(24-16)11(2)20/h5-9H,1-4H3/t16-/m0/s1. The molecule has 24 heavy (non-hydrogen) atoms. The van der Waals surface area contributed by atoms with Gasteiger partial charge < -0.3 is 9.64 Å². The molecule has 126 valence electrons. The number of benzene rings is 1. The van der Waals surface area contributed by atoms with Crippen LogP contribution in [0.25, 0.3) is 0 Å². The van der Waals surface area contributed by atoms with Gasteiger partial charge in [0.15, 0.2) is 10.8 Å². The molecule has 1 spiro atoms. The molecule has 0 aromatic heterocycles. The number of carbonyl (C=O) groups is 2. The predicted molar refractivity (Wildman–Crippen MR) is 97.4 cm³/mol. The van der Waals surface area contributed by atoms with Crippen LogP contribution in [0.2, 0.25) is 0 Å². The first kappa shape index (κ1) is 16.9. The number of esters is 1. The Morgan fingerprint density at radius 2 is 1.88 bits per heavy atom. The average Bonchev–Trinajstić information content (AvgIpc) is 3.10. The molecule has 0 bridgehead atoms. The third kappa shape index (κ3) is 2.50. The minimum Gasteiger partial charge on any atom is -0.465 e. The molecule has 0 N–H and O–H groups in total. The smallest absolute Gasteiger partial charge is 0.346 e. The van der Waals surface area contributed by atoms with E-state index in [1.807, 2.05) is 49.2 Å². The first-order valence-corrected chi connectivity index (χ1v) is 8.90. The van der Waals surface area contributed by atoms with E-state index >= 15 is 0 Å². The van der Waals surface area contributed by atoms with Crippen molar-refractivity contribution in [1.29, 1.82) is 0 Å². The van der Waals surface area contributed by atoms with Crippen LogP contribution in [0.3, 0.4) is 0 Å². The number of methoxy groups -OCH3 is 1. The number of rotatable bonds is 3. The van der Waals surface area contributed by atoms with Gasteiger partial charge in [-0.1, -0.05) is 30.0 Å². The van der Waals surface area contributed by atoms with E-state index in [2.05, 4.69) is 5.10 Å². The molecule has 1 atom stereocenters. The van der Waals surface area contributed by atoms with Gasteiger partial charge in [0.2, 0.25) is 4.33 Å². The van der Waals surface area contributed by atoms with E-state index in [-0.39, 0.29) is 11.8 Å². The number of hydrogen-bond acceptors (Lipinski definition) is 8. The van der Waals surface area contributed by atoms with Crippen LogP contribution >= 0.6 is 23.5 Å². The highest BCUT2D eigenvalue weighted by atomic mass is 32.2. The van der Waals surface area contributed by atoms with Crippen molar-refractivity contribution < 1.29 is 14.3 Å². The van der Waals surface area contributed by atoms with Gasteiger partial charge in [-0.25, -0.2) is 9.80 Å². The molecular formula is C16H17N3O3S2. The number of thioether (sulfide) groups is 2. The zero-order chi connectivity index (χ0) is 17.5. The van der Waals surface area contributed by atoms with Gasteiger partial charge in [-0.05, 0) is 30.8 Å². The maximum atomic E-state index is 12.1. The second-order valence-corrected chi connectivity index (χ2v) is 7.93. The number of ether oxygens (including phenoxy) is 1. The van der Waals surface area contributed by atoms with Crippen LogP contribution in [0.5, 0.6) is 0 Å². The largest absolute Gasteiger partial charge is 0.465 e. The number of hydrogen-bond donors (Lipinski definition) is 0. The number of ketones is 1. The Hall–Kier alpha value is -1.93. The molecule has 0 amide bonds.